The van der Waals surface area contributed by atoms with E-state index in [2.05, 4.69) is 42.2 Å². The van der Waals surface area contributed by atoms with E-state index in [0.717, 1.165) is 11.0 Å². The first-order valence-corrected chi connectivity index (χ1v) is 6.98. The van der Waals surface area contributed by atoms with E-state index < -0.39 is 0 Å². The number of hydrogen-bond donors (Lipinski definition) is 1. The number of nitrogens with two attached hydrogens (primary N) is 1. The van der Waals surface area contributed by atoms with Crippen LogP contribution in [0.3, 0.4) is 0 Å². The summed E-state index contributed by atoms with van der Waals surface area (Å²) in [5.74, 6) is 0.599. The van der Waals surface area contributed by atoms with Gasteiger partial charge in [-0.3, -0.25) is 0 Å². The zero-order chi connectivity index (χ0) is 13.8. The van der Waals surface area contributed by atoms with Crippen LogP contribution in [0.1, 0.15) is 50.4 Å². The van der Waals surface area contributed by atoms with E-state index in [0.29, 0.717) is 17.3 Å². The fourth-order valence-electron chi connectivity index (χ4n) is 3.52. The Bertz CT molecular complexity index is 639. The van der Waals surface area contributed by atoms with Crippen molar-refractivity contribution in [3.8, 4) is 0 Å². The number of rotatable bonds is 1. The van der Waals surface area contributed by atoms with Gasteiger partial charge in [0.2, 0.25) is 0 Å². The summed E-state index contributed by atoms with van der Waals surface area (Å²) in [4.78, 5) is 8.62. The van der Waals surface area contributed by atoms with Crippen LogP contribution in [0.25, 0.3) is 11.0 Å². The molecule has 0 aromatic carbocycles. The lowest BCUT2D eigenvalue weighted by Crippen LogP contribution is -2.11. The Balaban J connectivity index is 2.20. The molecular weight excluding hydrogens is 236 g/mol. The van der Waals surface area contributed by atoms with Crippen molar-refractivity contribution >= 4 is 16.9 Å². The molecule has 2 N–H and O–H groups in total. The summed E-state index contributed by atoms with van der Waals surface area (Å²) in [5, 5.41) is 1.03. The molecule has 1 atom stereocenters. The molecule has 2 aromatic rings. The predicted octanol–water partition coefficient (Wildman–Crippen LogP) is 3.38. The van der Waals surface area contributed by atoms with Gasteiger partial charge in [-0.2, -0.15) is 0 Å². The van der Waals surface area contributed by atoms with Crippen LogP contribution >= 0.6 is 0 Å². The lowest BCUT2D eigenvalue weighted by Gasteiger charge is -2.20. The average Bonchev–Trinajstić information content (AvgIpc) is 2.80. The normalized spacial score (nSPS) is 22.2. The molecule has 0 bridgehead atoms. The summed E-state index contributed by atoms with van der Waals surface area (Å²) in [6.45, 7) is 8.99. The SMILES string of the molecule is Cc1c(C)n(C2CCC(C)(C)C2)c2ncnc(N)c12. The third kappa shape index (κ3) is 1.81. The monoisotopic (exact) mass is 258 g/mol. The molecule has 102 valence electrons. The molecule has 1 unspecified atom stereocenters. The van der Waals surface area contributed by atoms with Crippen LogP contribution in [-0.4, -0.2) is 14.5 Å². The van der Waals surface area contributed by atoms with E-state index in [1.807, 2.05) is 0 Å². The number of aromatic nitrogens is 3. The van der Waals surface area contributed by atoms with Gasteiger partial charge in [0.15, 0.2) is 0 Å². The van der Waals surface area contributed by atoms with E-state index in [-0.39, 0.29) is 0 Å². The molecule has 4 nitrogen and oxygen atoms in total. The van der Waals surface area contributed by atoms with Crippen molar-refractivity contribution < 1.29 is 0 Å². The lowest BCUT2D eigenvalue weighted by molar-refractivity contribution is 0.359. The van der Waals surface area contributed by atoms with Crippen LogP contribution in [0.5, 0.6) is 0 Å². The number of nitrogens with zero attached hydrogens (tertiary/aromatic N) is 3. The molecule has 4 heteroatoms. The minimum absolute atomic E-state index is 0.431. The minimum atomic E-state index is 0.431. The smallest absolute Gasteiger partial charge is 0.146 e. The Morgan fingerprint density at radius 1 is 1.32 bits per heavy atom. The van der Waals surface area contributed by atoms with Crippen LogP contribution < -0.4 is 5.73 Å². The molecule has 0 saturated heterocycles. The van der Waals surface area contributed by atoms with Crippen molar-refractivity contribution in [1.29, 1.82) is 0 Å². The maximum Gasteiger partial charge on any atom is 0.146 e. The van der Waals surface area contributed by atoms with Crippen molar-refractivity contribution in [3.05, 3.63) is 17.6 Å². The number of hydrogen-bond acceptors (Lipinski definition) is 3. The van der Waals surface area contributed by atoms with Gasteiger partial charge in [0.05, 0.1) is 5.39 Å². The van der Waals surface area contributed by atoms with Gasteiger partial charge in [-0.15, -0.1) is 0 Å². The van der Waals surface area contributed by atoms with Gasteiger partial charge in [0, 0.05) is 11.7 Å². The quantitative estimate of drug-likeness (QED) is 0.853. The summed E-state index contributed by atoms with van der Waals surface area (Å²) < 4.78 is 2.39. The summed E-state index contributed by atoms with van der Waals surface area (Å²) in [6, 6.07) is 0.542. The first kappa shape index (κ1) is 12.5. The second-order valence-corrected chi connectivity index (χ2v) is 6.60. The van der Waals surface area contributed by atoms with Crippen LogP contribution in [0.4, 0.5) is 5.82 Å². The van der Waals surface area contributed by atoms with Gasteiger partial charge < -0.3 is 10.3 Å². The van der Waals surface area contributed by atoms with Crippen LogP contribution in [0.15, 0.2) is 6.33 Å². The van der Waals surface area contributed by atoms with E-state index in [9.17, 15) is 0 Å². The van der Waals surface area contributed by atoms with E-state index in [1.165, 1.54) is 30.5 Å². The Morgan fingerprint density at radius 3 is 2.68 bits per heavy atom. The zero-order valence-electron chi connectivity index (χ0n) is 12.2. The van der Waals surface area contributed by atoms with Crippen LogP contribution in [-0.2, 0) is 0 Å². The van der Waals surface area contributed by atoms with Gasteiger partial charge in [-0.05, 0) is 44.1 Å². The van der Waals surface area contributed by atoms with E-state index >= 15 is 0 Å². The van der Waals surface area contributed by atoms with Crippen molar-refractivity contribution in [2.24, 2.45) is 5.41 Å². The van der Waals surface area contributed by atoms with Gasteiger partial charge in [0.1, 0.15) is 17.8 Å². The zero-order valence-corrected chi connectivity index (χ0v) is 12.2. The largest absolute Gasteiger partial charge is 0.383 e. The highest BCUT2D eigenvalue weighted by molar-refractivity contribution is 5.90. The first-order chi connectivity index (χ1) is 8.91. The van der Waals surface area contributed by atoms with Crippen LogP contribution in [0.2, 0.25) is 0 Å². The molecule has 1 aliphatic rings. The predicted molar refractivity (Wildman–Crippen MR) is 78.1 cm³/mol. The topological polar surface area (TPSA) is 56.7 Å². The molecule has 0 spiro atoms. The molecule has 1 aliphatic carbocycles. The van der Waals surface area contributed by atoms with Gasteiger partial charge in [-0.1, -0.05) is 13.8 Å². The lowest BCUT2D eigenvalue weighted by atomic mass is 9.92. The molecule has 0 radical (unpaired) electrons. The molecule has 3 rings (SSSR count). The highest BCUT2D eigenvalue weighted by atomic mass is 15.1. The Labute approximate surface area is 114 Å². The van der Waals surface area contributed by atoms with Crippen molar-refractivity contribution in [1.82, 2.24) is 14.5 Å². The third-order valence-electron chi connectivity index (χ3n) is 4.67. The molecule has 19 heavy (non-hydrogen) atoms. The number of anilines is 1. The van der Waals surface area contributed by atoms with Gasteiger partial charge in [-0.25, -0.2) is 9.97 Å². The molecule has 0 aliphatic heterocycles. The summed E-state index contributed by atoms with van der Waals surface area (Å²) in [6.07, 6.45) is 5.28. The second kappa shape index (κ2) is 3.95. The molecular formula is C15H22N4. The van der Waals surface area contributed by atoms with Gasteiger partial charge >= 0.3 is 0 Å². The Morgan fingerprint density at radius 2 is 2.05 bits per heavy atom. The minimum Gasteiger partial charge on any atom is -0.383 e. The molecule has 2 aromatic heterocycles. The molecule has 0 amide bonds. The Kier molecular flexibility index (Phi) is 2.59. The average molecular weight is 258 g/mol. The highest BCUT2D eigenvalue weighted by Gasteiger charge is 2.34. The fourth-order valence-corrected chi connectivity index (χ4v) is 3.52. The van der Waals surface area contributed by atoms with Crippen molar-refractivity contribution in [2.45, 2.75) is 53.0 Å². The second-order valence-electron chi connectivity index (χ2n) is 6.60. The van der Waals surface area contributed by atoms with Gasteiger partial charge in [0.25, 0.3) is 0 Å². The molecule has 2 heterocycles. The first-order valence-electron chi connectivity index (χ1n) is 6.98. The molecule has 1 saturated carbocycles. The number of nitrogen functional groups attached to an aromatic ring is 1. The van der Waals surface area contributed by atoms with E-state index in [4.69, 9.17) is 5.73 Å². The highest BCUT2D eigenvalue weighted by Crippen LogP contribution is 2.45. The standard InChI is InChI=1S/C15H22N4/c1-9-10(2)19(11-5-6-15(3,4)7-11)14-12(9)13(16)17-8-18-14/h8,11H,5-7H2,1-4H3,(H2,16,17,18). The van der Waals surface area contributed by atoms with Crippen molar-refractivity contribution in [3.63, 3.8) is 0 Å². The van der Waals surface area contributed by atoms with E-state index in [1.54, 1.807) is 6.33 Å². The molecule has 1 fully saturated rings. The fraction of sp³-hybridized carbons (Fsp3) is 0.600. The summed E-state index contributed by atoms with van der Waals surface area (Å²) in [7, 11) is 0. The number of fused-ring (bicyclic) bond motifs is 1. The maximum atomic E-state index is 6.03. The summed E-state index contributed by atoms with van der Waals surface area (Å²) in [5.41, 5.74) is 9.96. The van der Waals surface area contributed by atoms with Crippen LogP contribution in [0, 0.1) is 19.3 Å². The Hall–Kier alpha value is -1.58. The summed E-state index contributed by atoms with van der Waals surface area (Å²) >= 11 is 0. The van der Waals surface area contributed by atoms with Crippen molar-refractivity contribution in [2.75, 3.05) is 5.73 Å². The maximum absolute atomic E-state index is 6.03. The number of aryl methyl sites for hydroxylation is 1. The third-order valence-corrected chi connectivity index (χ3v) is 4.67.